The van der Waals surface area contributed by atoms with Crippen LogP contribution in [0.5, 0.6) is 0 Å². The Hall–Kier alpha value is -1.96. The van der Waals surface area contributed by atoms with Gasteiger partial charge in [0.05, 0.1) is 10.2 Å². The van der Waals surface area contributed by atoms with Gasteiger partial charge in [0.2, 0.25) is 0 Å². The fourth-order valence-corrected chi connectivity index (χ4v) is 3.97. The summed E-state index contributed by atoms with van der Waals surface area (Å²) in [6.45, 7) is 6.44. The van der Waals surface area contributed by atoms with E-state index in [-0.39, 0.29) is 11.3 Å². The average molecular weight is 419 g/mol. The van der Waals surface area contributed by atoms with Gasteiger partial charge in [-0.2, -0.15) is 0 Å². The summed E-state index contributed by atoms with van der Waals surface area (Å²) in [5.74, 6) is 5.27. The third kappa shape index (κ3) is 3.84. The molecule has 130 valence electrons. The Morgan fingerprint density at radius 3 is 2.48 bits per heavy atom. The van der Waals surface area contributed by atoms with Gasteiger partial charge in [-0.1, -0.05) is 44.2 Å². The van der Waals surface area contributed by atoms with Gasteiger partial charge in [-0.05, 0) is 51.2 Å². The largest absolute Gasteiger partial charge is 0.322 e. The van der Waals surface area contributed by atoms with Crippen molar-refractivity contribution in [3.05, 3.63) is 52.0 Å². The number of thiazole rings is 1. The van der Waals surface area contributed by atoms with Gasteiger partial charge in [0.1, 0.15) is 0 Å². The smallest absolute Gasteiger partial charge is 0.255 e. The third-order valence-electron chi connectivity index (χ3n) is 3.84. The van der Waals surface area contributed by atoms with Gasteiger partial charge in [0.15, 0.2) is 5.13 Å². The molecule has 0 aliphatic heterocycles. The molecule has 0 aliphatic carbocycles. The molecule has 3 rings (SSSR count). The standard InChI is InChI=1S/C18H19BrN4OS/c1-18(2,3)11-6-4-10(5-7-11)16(24)21-12-8-13(19)15-14(9-12)25-17(22-15)23-20/h4-9H,20H2,1-3H3,(H,21,24)(H,22,23). The highest BCUT2D eigenvalue weighted by atomic mass is 79.9. The number of amides is 1. The van der Waals surface area contributed by atoms with E-state index in [4.69, 9.17) is 5.84 Å². The van der Waals surface area contributed by atoms with Crippen molar-refractivity contribution in [1.82, 2.24) is 4.98 Å². The zero-order valence-electron chi connectivity index (χ0n) is 14.2. The molecule has 0 atom stereocenters. The van der Waals surface area contributed by atoms with Crippen LogP contribution in [0.3, 0.4) is 0 Å². The third-order valence-corrected chi connectivity index (χ3v) is 5.38. The molecule has 0 spiro atoms. The number of hydrogen-bond donors (Lipinski definition) is 3. The number of nitrogen functional groups attached to an aromatic ring is 1. The summed E-state index contributed by atoms with van der Waals surface area (Å²) in [6.07, 6.45) is 0. The lowest BCUT2D eigenvalue weighted by molar-refractivity contribution is 0.102. The number of carbonyl (C=O) groups is 1. The molecule has 0 saturated carbocycles. The second kappa shape index (κ2) is 6.74. The van der Waals surface area contributed by atoms with Crippen LogP contribution in [-0.4, -0.2) is 10.9 Å². The first-order chi connectivity index (χ1) is 11.8. The molecule has 1 amide bonds. The second-order valence-corrected chi connectivity index (χ2v) is 8.63. The average Bonchev–Trinajstić information content (AvgIpc) is 2.98. The highest BCUT2D eigenvalue weighted by Gasteiger charge is 2.15. The van der Waals surface area contributed by atoms with E-state index in [2.05, 4.69) is 52.4 Å². The fourth-order valence-electron chi connectivity index (χ4n) is 2.45. The summed E-state index contributed by atoms with van der Waals surface area (Å²) in [6, 6.07) is 11.4. The van der Waals surface area contributed by atoms with Crippen molar-refractivity contribution < 1.29 is 4.79 Å². The maximum absolute atomic E-state index is 12.5. The molecule has 0 saturated heterocycles. The Morgan fingerprint density at radius 1 is 1.20 bits per heavy atom. The van der Waals surface area contributed by atoms with Crippen molar-refractivity contribution in [2.45, 2.75) is 26.2 Å². The van der Waals surface area contributed by atoms with Crippen LogP contribution in [0.2, 0.25) is 0 Å². The summed E-state index contributed by atoms with van der Waals surface area (Å²) in [5.41, 5.74) is 5.94. The summed E-state index contributed by atoms with van der Waals surface area (Å²) >= 11 is 4.92. The number of nitrogens with one attached hydrogen (secondary N) is 2. The van der Waals surface area contributed by atoms with Gasteiger partial charge in [-0.3, -0.25) is 10.2 Å². The zero-order chi connectivity index (χ0) is 18.2. The monoisotopic (exact) mass is 418 g/mol. The SMILES string of the molecule is CC(C)(C)c1ccc(C(=O)Nc2cc(Br)c3nc(NN)sc3c2)cc1. The Labute approximate surface area is 158 Å². The van der Waals surface area contributed by atoms with E-state index in [1.54, 1.807) is 0 Å². The number of anilines is 2. The molecule has 1 aromatic heterocycles. The van der Waals surface area contributed by atoms with Crippen LogP contribution in [-0.2, 0) is 5.41 Å². The number of fused-ring (bicyclic) bond motifs is 1. The number of nitrogens with two attached hydrogens (primary N) is 1. The minimum Gasteiger partial charge on any atom is -0.322 e. The van der Waals surface area contributed by atoms with E-state index >= 15 is 0 Å². The Balaban J connectivity index is 1.84. The van der Waals surface area contributed by atoms with E-state index in [0.29, 0.717) is 16.4 Å². The van der Waals surface area contributed by atoms with Crippen LogP contribution in [0, 0.1) is 0 Å². The summed E-state index contributed by atoms with van der Waals surface area (Å²) in [7, 11) is 0. The number of carbonyl (C=O) groups excluding carboxylic acids is 1. The van der Waals surface area contributed by atoms with Crippen molar-refractivity contribution in [2.75, 3.05) is 10.7 Å². The minimum absolute atomic E-state index is 0.0613. The van der Waals surface area contributed by atoms with Crippen molar-refractivity contribution in [2.24, 2.45) is 5.84 Å². The second-order valence-electron chi connectivity index (χ2n) is 6.75. The molecule has 4 N–H and O–H groups in total. The molecule has 0 aliphatic rings. The summed E-state index contributed by atoms with van der Waals surface area (Å²) < 4.78 is 1.74. The maximum Gasteiger partial charge on any atom is 0.255 e. The first-order valence-electron chi connectivity index (χ1n) is 7.76. The number of nitrogens with zero attached hydrogens (tertiary/aromatic N) is 1. The highest BCUT2D eigenvalue weighted by Crippen LogP contribution is 2.34. The molecule has 25 heavy (non-hydrogen) atoms. The maximum atomic E-state index is 12.5. The number of hydrazine groups is 1. The number of rotatable bonds is 3. The van der Waals surface area contributed by atoms with Gasteiger partial charge in [-0.15, -0.1) is 0 Å². The molecule has 1 heterocycles. The van der Waals surface area contributed by atoms with Crippen LogP contribution in [0.1, 0.15) is 36.7 Å². The molecule has 0 fully saturated rings. The van der Waals surface area contributed by atoms with E-state index in [1.807, 2.05) is 36.4 Å². The molecular formula is C18H19BrN4OS. The number of aromatic nitrogens is 1. The molecule has 3 aromatic rings. The van der Waals surface area contributed by atoms with Crippen LogP contribution >= 0.6 is 27.3 Å². The Bertz CT molecular complexity index is 929. The normalized spacial score (nSPS) is 11.6. The first kappa shape index (κ1) is 17.8. The summed E-state index contributed by atoms with van der Waals surface area (Å²) in [4.78, 5) is 16.9. The van der Waals surface area contributed by atoms with E-state index < -0.39 is 0 Å². The lowest BCUT2D eigenvalue weighted by atomic mass is 9.87. The fraction of sp³-hybridized carbons (Fsp3) is 0.222. The molecule has 0 radical (unpaired) electrons. The molecule has 0 unspecified atom stereocenters. The Morgan fingerprint density at radius 2 is 1.88 bits per heavy atom. The van der Waals surface area contributed by atoms with Gasteiger partial charge in [-0.25, -0.2) is 10.8 Å². The number of hydrogen-bond acceptors (Lipinski definition) is 5. The predicted molar refractivity (Wildman–Crippen MR) is 108 cm³/mol. The molecule has 5 nitrogen and oxygen atoms in total. The lowest BCUT2D eigenvalue weighted by Gasteiger charge is -2.19. The lowest BCUT2D eigenvalue weighted by Crippen LogP contribution is -2.14. The van der Waals surface area contributed by atoms with Crippen LogP contribution in [0.15, 0.2) is 40.9 Å². The van der Waals surface area contributed by atoms with E-state index in [0.717, 1.165) is 14.7 Å². The molecule has 7 heteroatoms. The van der Waals surface area contributed by atoms with Crippen molar-refractivity contribution in [3.63, 3.8) is 0 Å². The van der Waals surface area contributed by atoms with E-state index in [9.17, 15) is 4.79 Å². The van der Waals surface area contributed by atoms with Gasteiger partial charge >= 0.3 is 0 Å². The van der Waals surface area contributed by atoms with Crippen molar-refractivity contribution in [1.29, 1.82) is 0 Å². The van der Waals surface area contributed by atoms with Crippen LogP contribution in [0.25, 0.3) is 10.2 Å². The van der Waals surface area contributed by atoms with Crippen molar-refractivity contribution >= 4 is 54.2 Å². The molecular weight excluding hydrogens is 400 g/mol. The van der Waals surface area contributed by atoms with Gasteiger partial charge in [0.25, 0.3) is 5.91 Å². The number of benzene rings is 2. The van der Waals surface area contributed by atoms with Gasteiger partial charge in [0, 0.05) is 15.7 Å². The van der Waals surface area contributed by atoms with Crippen molar-refractivity contribution in [3.8, 4) is 0 Å². The minimum atomic E-state index is -0.145. The quantitative estimate of drug-likeness (QED) is 0.417. The number of halogens is 1. The first-order valence-corrected chi connectivity index (χ1v) is 9.37. The summed E-state index contributed by atoms with van der Waals surface area (Å²) in [5, 5.41) is 3.56. The highest BCUT2D eigenvalue weighted by molar-refractivity contribution is 9.10. The van der Waals surface area contributed by atoms with Crippen LogP contribution < -0.4 is 16.6 Å². The predicted octanol–water partition coefficient (Wildman–Crippen LogP) is 4.89. The molecule has 2 aromatic carbocycles. The topological polar surface area (TPSA) is 80.0 Å². The molecule has 0 bridgehead atoms. The van der Waals surface area contributed by atoms with Crippen LogP contribution in [0.4, 0.5) is 10.8 Å². The Kier molecular flexibility index (Phi) is 4.81. The zero-order valence-corrected chi connectivity index (χ0v) is 16.6. The van der Waals surface area contributed by atoms with Gasteiger partial charge < -0.3 is 5.32 Å². The van der Waals surface area contributed by atoms with E-state index in [1.165, 1.54) is 16.9 Å².